The Hall–Kier alpha value is -2.82. The highest BCUT2D eigenvalue weighted by Gasteiger charge is 2.08. The van der Waals surface area contributed by atoms with Crippen molar-refractivity contribution in [3.63, 3.8) is 0 Å². The molecule has 0 unspecified atom stereocenters. The molecule has 0 saturated carbocycles. The lowest BCUT2D eigenvalue weighted by Crippen LogP contribution is -2.11. The van der Waals surface area contributed by atoms with Gasteiger partial charge in [-0.3, -0.25) is 0 Å². The zero-order valence-corrected chi connectivity index (χ0v) is 11.0. The highest BCUT2D eigenvalue weighted by molar-refractivity contribution is 5.82. The van der Waals surface area contributed by atoms with Crippen molar-refractivity contribution in [1.29, 1.82) is 0 Å². The van der Waals surface area contributed by atoms with Crippen LogP contribution in [0, 0.1) is 0 Å². The minimum atomic E-state index is 0.886. The number of pyridine rings is 2. The second-order valence-electron chi connectivity index (χ2n) is 4.75. The number of anilines is 2. The monoisotopic (exact) mass is 263 g/mol. The van der Waals surface area contributed by atoms with E-state index in [0.29, 0.717) is 0 Å². The third-order valence-electron chi connectivity index (χ3n) is 3.51. The van der Waals surface area contributed by atoms with Gasteiger partial charge in [0.25, 0.3) is 0 Å². The Morgan fingerprint density at radius 2 is 1.75 bits per heavy atom. The Balaban J connectivity index is 1.79. The van der Waals surface area contributed by atoms with Crippen LogP contribution in [-0.2, 0) is 0 Å². The first-order valence-electron chi connectivity index (χ1n) is 6.42. The molecular weight excluding hydrogens is 250 g/mol. The van der Waals surface area contributed by atoms with Crippen LogP contribution >= 0.6 is 0 Å². The lowest BCUT2D eigenvalue weighted by molar-refractivity contribution is 1.13. The molecule has 0 radical (unpaired) electrons. The molecular formula is C15H13N5. The molecule has 0 spiro atoms. The van der Waals surface area contributed by atoms with Gasteiger partial charge in [0.15, 0.2) is 0 Å². The highest BCUT2D eigenvalue weighted by Crippen LogP contribution is 2.25. The predicted molar refractivity (Wildman–Crippen MR) is 80.3 cm³/mol. The van der Waals surface area contributed by atoms with Crippen molar-refractivity contribution in [3.05, 3.63) is 48.9 Å². The molecule has 0 fully saturated rings. The molecule has 0 saturated heterocycles. The fourth-order valence-electron chi connectivity index (χ4n) is 2.35. The molecule has 0 aliphatic heterocycles. The van der Waals surface area contributed by atoms with Crippen LogP contribution in [0.2, 0.25) is 0 Å². The summed E-state index contributed by atoms with van der Waals surface area (Å²) in [6, 6.07) is 10.2. The van der Waals surface area contributed by atoms with E-state index in [-0.39, 0.29) is 0 Å². The van der Waals surface area contributed by atoms with Gasteiger partial charge in [0.05, 0.1) is 11.9 Å². The van der Waals surface area contributed by atoms with Crippen molar-refractivity contribution in [3.8, 4) is 0 Å². The maximum absolute atomic E-state index is 4.61. The van der Waals surface area contributed by atoms with Gasteiger partial charge in [-0.1, -0.05) is 0 Å². The summed E-state index contributed by atoms with van der Waals surface area (Å²) in [6.07, 6.45) is 5.64. The molecule has 4 aromatic heterocycles. The molecule has 4 rings (SSSR count). The minimum Gasteiger partial charge on any atom is -0.346 e. The molecule has 0 amide bonds. The number of fused-ring (bicyclic) bond motifs is 2. The Labute approximate surface area is 115 Å². The summed E-state index contributed by atoms with van der Waals surface area (Å²) < 4.78 is 0. The fourth-order valence-corrected chi connectivity index (χ4v) is 2.35. The van der Waals surface area contributed by atoms with E-state index in [4.69, 9.17) is 0 Å². The third kappa shape index (κ3) is 1.64. The predicted octanol–water partition coefficient (Wildman–Crippen LogP) is 3.21. The van der Waals surface area contributed by atoms with E-state index < -0.39 is 0 Å². The maximum Gasteiger partial charge on any atom is 0.139 e. The summed E-state index contributed by atoms with van der Waals surface area (Å²) >= 11 is 0. The molecule has 2 N–H and O–H groups in total. The van der Waals surface area contributed by atoms with E-state index >= 15 is 0 Å². The fraction of sp³-hybridized carbons (Fsp3) is 0.0667. The number of hydrogen-bond donors (Lipinski definition) is 2. The minimum absolute atomic E-state index is 0.886. The molecule has 0 aromatic carbocycles. The van der Waals surface area contributed by atoms with Gasteiger partial charge in [0.2, 0.25) is 0 Å². The summed E-state index contributed by atoms with van der Waals surface area (Å²) in [4.78, 5) is 17.3. The van der Waals surface area contributed by atoms with E-state index in [1.807, 2.05) is 48.7 Å². The first-order valence-corrected chi connectivity index (χ1v) is 6.42. The normalized spacial score (nSPS) is 11.2. The van der Waals surface area contributed by atoms with Gasteiger partial charge in [-0.05, 0) is 30.3 Å². The van der Waals surface area contributed by atoms with Crippen LogP contribution in [0.15, 0.2) is 48.9 Å². The number of nitrogens with one attached hydrogen (secondary N) is 2. The van der Waals surface area contributed by atoms with Crippen molar-refractivity contribution in [1.82, 2.24) is 19.9 Å². The smallest absolute Gasteiger partial charge is 0.139 e. The van der Waals surface area contributed by atoms with Gasteiger partial charge in [0, 0.05) is 30.2 Å². The Morgan fingerprint density at radius 1 is 0.950 bits per heavy atom. The van der Waals surface area contributed by atoms with Gasteiger partial charge in [-0.15, -0.1) is 0 Å². The summed E-state index contributed by atoms with van der Waals surface area (Å²) in [6.45, 7) is 0. The van der Waals surface area contributed by atoms with Gasteiger partial charge >= 0.3 is 0 Å². The lowest BCUT2D eigenvalue weighted by Gasteiger charge is -2.17. The SMILES string of the molecule is CN(c1cnc2[nH]ccc2c1)c1ccc2cc[nH]c2n1. The van der Waals surface area contributed by atoms with Crippen LogP contribution in [0.25, 0.3) is 22.1 Å². The summed E-state index contributed by atoms with van der Waals surface area (Å²) in [5, 5.41) is 2.21. The molecule has 98 valence electrons. The Kier molecular flexibility index (Phi) is 2.26. The third-order valence-corrected chi connectivity index (χ3v) is 3.51. The van der Waals surface area contributed by atoms with E-state index in [9.17, 15) is 0 Å². The van der Waals surface area contributed by atoms with Crippen LogP contribution < -0.4 is 4.90 Å². The second kappa shape index (κ2) is 4.09. The van der Waals surface area contributed by atoms with Crippen molar-refractivity contribution in [2.75, 3.05) is 11.9 Å². The van der Waals surface area contributed by atoms with Gasteiger partial charge in [-0.25, -0.2) is 9.97 Å². The second-order valence-corrected chi connectivity index (χ2v) is 4.75. The van der Waals surface area contributed by atoms with E-state index in [0.717, 1.165) is 33.6 Å². The quantitative estimate of drug-likeness (QED) is 0.584. The number of rotatable bonds is 2. The van der Waals surface area contributed by atoms with Crippen LogP contribution in [0.1, 0.15) is 0 Å². The molecule has 4 heterocycles. The van der Waals surface area contributed by atoms with Crippen molar-refractivity contribution >= 4 is 33.6 Å². The molecule has 0 aliphatic carbocycles. The first-order chi connectivity index (χ1) is 9.81. The molecule has 20 heavy (non-hydrogen) atoms. The van der Waals surface area contributed by atoms with Crippen LogP contribution in [0.3, 0.4) is 0 Å². The van der Waals surface area contributed by atoms with Crippen LogP contribution in [0.5, 0.6) is 0 Å². The number of hydrogen-bond acceptors (Lipinski definition) is 3. The Morgan fingerprint density at radius 3 is 2.65 bits per heavy atom. The maximum atomic E-state index is 4.61. The summed E-state index contributed by atoms with van der Waals surface area (Å²) in [5.41, 5.74) is 2.80. The van der Waals surface area contributed by atoms with Crippen LogP contribution in [-0.4, -0.2) is 27.0 Å². The first kappa shape index (κ1) is 11.0. The van der Waals surface area contributed by atoms with Crippen LogP contribution in [0.4, 0.5) is 11.5 Å². The van der Waals surface area contributed by atoms with E-state index in [1.165, 1.54) is 0 Å². The van der Waals surface area contributed by atoms with Gasteiger partial charge in [-0.2, -0.15) is 0 Å². The average Bonchev–Trinajstić information content (AvgIpc) is 3.13. The average molecular weight is 263 g/mol. The van der Waals surface area contributed by atoms with Gasteiger partial charge in [0.1, 0.15) is 17.1 Å². The lowest BCUT2D eigenvalue weighted by atomic mass is 10.3. The summed E-state index contributed by atoms with van der Waals surface area (Å²) in [5.74, 6) is 0.886. The molecule has 0 bridgehead atoms. The Bertz CT molecular complexity index is 815. The molecule has 5 nitrogen and oxygen atoms in total. The number of nitrogens with zero attached hydrogens (tertiary/aromatic N) is 3. The molecule has 4 aromatic rings. The van der Waals surface area contributed by atoms with Gasteiger partial charge < -0.3 is 14.9 Å². The largest absolute Gasteiger partial charge is 0.346 e. The molecule has 0 atom stereocenters. The van der Waals surface area contributed by atoms with Crippen molar-refractivity contribution < 1.29 is 0 Å². The molecule has 0 aliphatic rings. The van der Waals surface area contributed by atoms with E-state index in [2.05, 4.69) is 32.1 Å². The topological polar surface area (TPSA) is 60.6 Å². The number of aromatic nitrogens is 4. The highest BCUT2D eigenvalue weighted by atomic mass is 15.2. The summed E-state index contributed by atoms with van der Waals surface area (Å²) in [7, 11) is 1.99. The molecule has 5 heteroatoms. The van der Waals surface area contributed by atoms with E-state index in [1.54, 1.807) is 0 Å². The number of H-pyrrole nitrogens is 2. The van der Waals surface area contributed by atoms with Crippen molar-refractivity contribution in [2.24, 2.45) is 0 Å². The zero-order valence-electron chi connectivity index (χ0n) is 11.0. The standard InChI is InChI=1S/C15H13N5/c1-20(12-8-11-5-7-16-14(11)18-9-12)13-3-2-10-4-6-17-15(10)19-13/h2-9H,1H3,(H,16,18)(H,17,19). The zero-order chi connectivity index (χ0) is 13.5. The number of aromatic amines is 2. The van der Waals surface area contributed by atoms with Crippen molar-refractivity contribution in [2.45, 2.75) is 0 Å².